The highest BCUT2D eigenvalue weighted by molar-refractivity contribution is 7.85. The summed E-state index contributed by atoms with van der Waals surface area (Å²) in [6.45, 7) is 0. The molecular weight excluding hydrogens is 148 g/mol. The average Bonchev–Trinajstić information content (AvgIpc) is 1.95. The summed E-state index contributed by atoms with van der Waals surface area (Å²) in [6, 6.07) is 0. The zero-order chi connectivity index (χ0) is 7.56. The van der Waals surface area contributed by atoms with E-state index in [-0.39, 0.29) is 5.78 Å². The van der Waals surface area contributed by atoms with Crippen LogP contribution < -0.4 is 11.3 Å². The third kappa shape index (κ3) is 1.33. The van der Waals surface area contributed by atoms with Gasteiger partial charge >= 0.3 is 0 Å². The zero-order valence-corrected chi connectivity index (χ0v) is 6.45. The minimum absolute atomic E-state index is 0.0857. The van der Waals surface area contributed by atoms with Crippen LogP contribution in [-0.4, -0.2) is 5.78 Å². The molecule has 1 aliphatic rings. The molecular formula is C6H10N2OS. The van der Waals surface area contributed by atoms with Gasteiger partial charge in [-0.25, -0.2) is 0 Å². The Morgan fingerprint density at radius 1 is 1.50 bits per heavy atom. The van der Waals surface area contributed by atoms with Gasteiger partial charge in [0.15, 0.2) is 5.78 Å². The van der Waals surface area contributed by atoms with Crippen molar-refractivity contribution in [1.82, 2.24) is 5.43 Å². The highest BCUT2D eigenvalue weighted by Gasteiger charge is 2.16. The third-order valence-corrected chi connectivity index (χ3v) is 2.07. The van der Waals surface area contributed by atoms with Gasteiger partial charge in [0, 0.05) is 12.1 Å². The van der Waals surface area contributed by atoms with Crippen LogP contribution in [-0.2, 0) is 4.79 Å². The molecule has 0 aromatic heterocycles. The standard InChI is InChI=1S/C6H10N2OS/c7-8-4-2-1-3-5(9)6(4)10/h8,10H,1-3,7H2. The molecule has 0 saturated carbocycles. The smallest absolute Gasteiger partial charge is 0.170 e. The number of hydrogen-bond donors (Lipinski definition) is 3. The number of allylic oxidation sites excluding steroid dienone is 2. The maximum absolute atomic E-state index is 10.9. The molecule has 0 atom stereocenters. The van der Waals surface area contributed by atoms with Crippen molar-refractivity contribution in [3.63, 3.8) is 0 Å². The molecule has 0 heterocycles. The molecule has 4 heteroatoms. The molecule has 0 aromatic rings. The van der Waals surface area contributed by atoms with Crippen LogP contribution >= 0.6 is 12.6 Å². The molecule has 0 unspecified atom stereocenters. The van der Waals surface area contributed by atoms with Gasteiger partial charge in [0.25, 0.3) is 0 Å². The Bertz CT molecular complexity index is 188. The van der Waals surface area contributed by atoms with E-state index in [1.54, 1.807) is 0 Å². The van der Waals surface area contributed by atoms with Crippen molar-refractivity contribution < 1.29 is 4.79 Å². The number of thiol groups is 1. The summed E-state index contributed by atoms with van der Waals surface area (Å²) in [6.07, 6.45) is 2.31. The van der Waals surface area contributed by atoms with Gasteiger partial charge in [-0.05, 0) is 12.8 Å². The molecule has 0 spiro atoms. The third-order valence-electron chi connectivity index (χ3n) is 1.55. The number of rotatable bonds is 1. The maximum atomic E-state index is 10.9. The van der Waals surface area contributed by atoms with E-state index in [1.165, 1.54) is 0 Å². The van der Waals surface area contributed by atoms with E-state index in [4.69, 9.17) is 5.84 Å². The molecule has 0 amide bonds. The monoisotopic (exact) mass is 158 g/mol. The number of carbonyl (C=O) groups excluding carboxylic acids is 1. The number of hydrogen-bond acceptors (Lipinski definition) is 4. The molecule has 1 aliphatic carbocycles. The van der Waals surface area contributed by atoms with E-state index in [0.29, 0.717) is 11.3 Å². The molecule has 10 heavy (non-hydrogen) atoms. The first-order chi connectivity index (χ1) is 4.75. The van der Waals surface area contributed by atoms with E-state index >= 15 is 0 Å². The van der Waals surface area contributed by atoms with Crippen molar-refractivity contribution in [1.29, 1.82) is 0 Å². The lowest BCUT2D eigenvalue weighted by molar-refractivity contribution is -0.115. The normalized spacial score (nSPS) is 19.6. The Kier molecular flexibility index (Phi) is 2.34. The fourth-order valence-corrected chi connectivity index (χ4v) is 1.26. The van der Waals surface area contributed by atoms with Gasteiger partial charge in [-0.15, -0.1) is 12.6 Å². The van der Waals surface area contributed by atoms with E-state index in [1.807, 2.05) is 0 Å². The summed E-state index contributed by atoms with van der Waals surface area (Å²) in [5, 5.41) is 0. The summed E-state index contributed by atoms with van der Waals surface area (Å²) < 4.78 is 0. The number of nitrogens with two attached hydrogens (primary N) is 1. The fourth-order valence-electron chi connectivity index (χ4n) is 0.971. The minimum Gasteiger partial charge on any atom is -0.327 e. The second-order valence-corrected chi connectivity index (χ2v) is 2.70. The molecule has 0 aromatic carbocycles. The Balaban J connectivity index is 2.82. The highest BCUT2D eigenvalue weighted by Crippen LogP contribution is 2.21. The first kappa shape index (κ1) is 7.63. The summed E-state index contributed by atoms with van der Waals surface area (Å²) in [5.74, 6) is 5.23. The molecule has 3 N–H and O–H groups in total. The molecule has 0 bridgehead atoms. The van der Waals surface area contributed by atoms with Crippen LogP contribution in [0.4, 0.5) is 0 Å². The van der Waals surface area contributed by atoms with Crippen LogP contribution in [0, 0.1) is 0 Å². The molecule has 0 saturated heterocycles. The van der Waals surface area contributed by atoms with E-state index < -0.39 is 0 Å². The number of nitrogens with one attached hydrogen (secondary N) is 1. The van der Waals surface area contributed by atoms with Gasteiger partial charge in [-0.1, -0.05) is 0 Å². The first-order valence-corrected chi connectivity index (χ1v) is 3.62. The Morgan fingerprint density at radius 2 is 2.20 bits per heavy atom. The van der Waals surface area contributed by atoms with Gasteiger partial charge in [-0.2, -0.15) is 0 Å². The lowest BCUT2D eigenvalue weighted by atomic mass is 10.0. The van der Waals surface area contributed by atoms with Crippen molar-refractivity contribution in [3.8, 4) is 0 Å². The van der Waals surface area contributed by atoms with Crippen molar-refractivity contribution in [2.45, 2.75) is 19.3 Å². The van der Waals surface area contributed by atoms with Gasteiger partial charge in [0.05, 0.1) is 4.91 Å². The van der Waals surface area contributed by atoms with Crippen molar-refractivity contribution >= 4 is 18.4 Å². The second kappa shape index (κ2) is 3.07. The minimum atomic E-state index is 0.0857. The molecule has 56 valence electrons. The molecule has 1 rings (SSSR count). The van der Waals surface area contributed by atoms with Gasteiger partial charge in [0.1, 0.15) is 0 Å². The predicted molar refractivity (Wildman–Crippen MR) is 42.2 cm³/mol. The molecule has 0 radical (unpaired) electrons. The second-order valence-electron chi connectivity index (χ2n) is 2.25. The summed E-state index contributed by atoms with van der Waals surface area (Å²) >= 11 is 4.02. The van der Waals surface area contributed by atoms with Crippen LogP contribution in [0.1, 0.15) is 19.3 Å². The quantitative estimate of drug-likeness (QED) is 0.293. The Morgan fingerprint density at radius 3 is 2.70 bits per heavy atom. The van der Waals surface area contributed by atoms with Crippen LogP contribution in [0.2, 0.25) is 0 Å². The maximum Gasteiger partial charge on any atom is 0.170 e. The Hall–Kier alpha value is -0.480. The average molecular weight is 158 g/mol. The number of hydrazine groups is 1. The van der Waals surface area contributed by atoms with Gasteiger partial charge in [-0.3, -0.25) is 10.6 Å². The summed E-state index contributed by atoms with van der Waals surface area (Å²) in [5.41, 5.74) is 3.23. The van der Waals surface area contributed by atoms with Crippen molar-refractivity contribution in [2.75, 3.05) is 0 Å². The lowest BCUT2D eigenvalue weighted by Crippen LogP contribution is -2.25. The number of ketones is 1. The van der Waals surface area contributed by atoms with E-state index in [2.05, 4.69) is 18.1 Å². The Labute approximate surface area is 65.0 Å². The van der Waals surface area contributed by atoms with Crippen LogP contribution in [0.15, 0.2) is 10.6 Å². The lowest BCUT2D eigenvalue weighted by Gasteiger charge is -2.14. The van der Waals surface area contributed by atoms with Crippen LogP contribution in [0.3, 0.4) is 0 Å². The zero-order valence-electron chi connectivity index (χ0n) is 5.55. The molecule has 0 fully saturated rings. The largest absolute Gasteiger partial charge is 0.327 e. The SMILES string of the molecule is NNC1=C(S)C(=O)CCC1. The first-order valence-electron chi connectivity index (χ1n) is 3.17. The molecule has 3 nitrogen and oxygen atoms in total. The van der Waals surface area contributed by atoms with Crippen LogP contribution in [0.25, 0.3) is 0 Å². The van der Waals surface area contributed by atoms with Crippen molar-refractivity contribution in [3.05, 3.63) is 10.6 Å². The number of Topliss-reactive ketones (excluding diaryl/α,β-unsaturated/α-hetero) is 1. The molecule has 0 aliphatic heterocycles. The summed E-state index contributed by atoms with van der Waals surface area (Å²) in [4.78, 5) is 11.4. The van der Waals surface area contributed by atoms with E-state index in [9.17, 15) is 4.79 Å². The predicted octanol–water partition coefficient (Wildman–Crippen LogP) is 0.344. The van der Waals surface area contributed by atoms with Crippen molar-refractivity contribution in [2.24, 2.45) is 5.84 Å². The van der Waals surface area contributed by atoms with Crippen LogP contribution in [0.5, 0.6) is 0 Å². The number of carbonyl (C=O) groups is 1. The van der Waals surface area contributed by atoms with Gasteiger partial charge in [0.2, 0.25) is 0 Å². The topological polar surface area (TPSA) is 55.1 Å². The van der Waals surface area contributed by atoms with Gasteiger partial charge < -0.3 is 5.43 Å². The fraction of sp³-hybridized carbons (Fsp3) is 0.500. The summed E-state index contributed by atoms with van der Waals surface area (Å²) in [7, 11) is 0. The van der Waals surface area contributed by atoms with E-state index in [0.717, 1.165) is 18.5 Å². The highest BCUT2D eigenvalue weighted by atomic mass is 32.1.